The minimum atomic E-state index is -0.515. The molecule has 0 saturated carbocycles. The van der Waals surface area contributed by atoms with Gasteiger partial charge in [0.25, 0.3) is 0 Å². The third-order valence-corrected chi connectivity index (χ3v) is 6.86. The number of imidazole rings is 1. The highest BCUT2D eigenvalue weighted by molar-refractivity contribution is 6.62. The second-order valence-electron chi connectivity index (χ2n) is 9.25. The zero-order valence-electron chi connectivity index (χ0n) is 18.5. The van der Waals surface area contributed by atoms with Crippen LogP contribution in [0.5, 0.6) is 0 Å². The van der Waals surface area contributed by atoms with Crippen molar-refractivity contribution in [2.45, 2.75) is 19.4 Å². The van der Waals surface area contributed by atoms with E-state index in [4.69, 9.17) is 14.3 Å². The van der Waals surface area contributed by atoms with Crippen LogP contribution in [0.3, 0.4) is 0 Å². The van der Waals surface area contributed by atoms with Gasteiger partial charge < -0.3 is 9.31 Å². The van der Waals surface area contributed by atoms with Crippen molar-refractivity contribution in [2.24, 2.45) is 0 Å². The predicted molar refractivity (Wildman–Crippen MR) is 136 cm³/mol. The van der Waals surface area contributed by atoms with Crippen LogP contribution >= 0.6 is 0 Å². The van der Waals surface area contributed by atoms with E-state index in [1.54, 1.807) is 0 Å². The number of fused-ring (bicyclic) bond motifs is 10. The maximum absolute atomic E-state index is 6.18. The van der Waals surface area contributed by atoms with Crippen molar-refractivity contribution in [1.29, 1.82) is 0 Å². The molecular formula is C28H21BN2O2. The number of rotatable bonds is 1. The van der Waals surface area contributed by atoms with Gasteiger partial charge in [0, 0.05) is 10.8 Å². The molecule has 1 aliphatic heterocycles. The van der Waals surface area contributed by atoms with Crippen molar-refractivity contribution in [1.82, 2.24) is 9.38 Å². The molecule has 4 nitrogen and oxygen atoms in total. The third kappa shape index (κ3) is 2.54. The summed E-state index contributed by atoms with van der Waals surface area (Å²) in [5.74, 6) is 0.649. The Morgan fingerprint density at radius 2 is 1.64 bits per heavy atom. The lowest BCUT2D eigenvalue weighted by Crippen LogP contribution is -2.34. The molecule has 0 aliphatic carbocycles. The number of benzene rings is 4. The Morgan fingerprint density at radius 1 is 0.848 bits per heavy atom. The lowest BCUT2D eigenvalue weighted by molar-refractivity contribution is 0.173. The molecular weight excluding hydrogens is 407 g/mol. The normalized spacial score (nSPS) is 15.9. The Bertz CT molecular complexity index is 1780. The van der Waals surface area contributed by atoms with Crippen LogP contribution in [0.2, 0.25) is 0 Å². The van der Waals surface area contributed by atoms with Crippen LogP contribution in [0.4, 0.5) is 0 Å². The minimum absolute atomic E-state index is 0.478. The first-order valence-corrected chi connectivity index (χ1v) is 11.2. The molecule has 4 aromatic carbocycles. The molecule has 0 spiro atoms. The van der Waals surface area contributed by atoms with Crippen molar-refractivity contribution in [2.75, 3.05) is 0 Å². The first-order chi connectivity index (χ1) is 16.0. The maximum atomic E-state index is 6.18. The molecule has 0 unspecified atom stereocenters. The largest absolute Gasteiger partial charge is 0.563 e. The fraction of sp³-hybridized carbons (Fsp3) is 0.107. The molecule has 1 aliphatic rings. The maximum Gasteiger partial charge on any atom is 0.563 e. The summed E-state index contributed by atoms with van der Waals surface area (Å²) < 4.78 is 14.4. The highest BCUT2D eigenvalue weighted by atomic mass is 16.7. The lowest BCUT2D eigenvalue weighted by Gasteiger charge is -2.16. The van der Waals surface area contributed by atoms with Crippen molar-refractivity contribution in [3.63, 3.8) is 0 Å². The van der Waals surface area contributed by atoms with E-state index in [0.29, 0.717) is 5.76 Å². The van der Waals surface area contributed by atoms with E-state index in [0.717, 1.165) is 27.7 Å². The lowest BCUT2D eigenvalue weighted by atomic mass is 9.78. The van der Waals surface area contributed by atoms with Crippen molar-refractivity contribution < 1.29 is 9.31 Å². The van der Waals surface area contributed by atoms with Gasteiger partial charge in [-0.05, 0) is 53.7 Å². The van der Waals surface area contributed by atoms with Crippen LogP contribution in [0.15, 0.2) is 91.2 Å². The molecule has 158 valence electrons. The number of hydrogen-bond acceptors (Lipinski definition) is 3. The smallest absolute Gasteiger partial charge is 0.534 e. The predicted octanol–water partition coefficient (Wildman–Crippen LogP) is 5.98. The van der Waals surface area contributed by atoms with Crippen LogP contribution in [-0.2, 0) is 9.31 Å². The quantitative estimate of drug-likeness (QED) is 0.239. The Balaban J connectivity index is 1.64. The summed E-state index contributed by atoms with van der Waals surface area (Å²) in [6.45, 7) is 8.00. The second-order valence-corrected chi connectivity index (χ2v) is 9.25. The molecule has 7 rings (SSSR count). The number of para-hydroxylation sites is 2. The molecule has 0 N–H and O–H groups in total. The molecule has 1 saturated heterocycles. The summed E-state index contributed by atoms with van der Waals surface area (Å²) in [6, 6.07) is 27.7. The highest BCUT2D eigenvalue weighted by Crippen LogP contribution is 2.36. The molecule has 6 aromatic rings. The van der Waals surface area contributed by atoms with Gasteiger partial charge in [0.1, 0.15) is 11.2 Å². The van der Waals surface area contributed by atoms with Gasteiger partial charge >= 0.3 is 7.12 Å². The molecule has 0 atom stereocenters. The summed E-state index contributed by atoms with van der Waals surface area (Å²) in [6.07, 6.45) is 0. The number of nitrogens with zero attached hydrogens (tertiary/aromatic N) is 2. The standard InChI is InChI=1S/C28H21BN2O2/c1-17-28(2,3)33-29(32-17)19-13-15-21-22-14-12-18-8-4-5-9-20(18)26(22)27-30-23-10-6-7-11-24(23)31(27)25(21)16-19/h4-16H,1H2,2-3H3. The first kappa shape index (κ1) is 18.7. The van der Waals surface area contributed by atoms with Crippen LogP contribution in [0.25, 0.3) is 49.1 Å². The molecule has 2 aromatic heterocycles. The van der Waals surface area contributed by atoms with Gasteiger partial charge in [-0.1, -0.05) is 67.2 Å². The van der Waals surface area contributed by atoms with E-state index in [1.165, 1.54) is 26.9 Å². The summed E-state index contributed by atoms with van der Waals surface area (Å²) in [7, 11) is -0.478. The summed E-state index contributed by atoms with van der Waals surface area (Å²) in [4.78, 5) is 5.09. The average Bonchev–Trinajstić information content (AvgIpc) is 3.35. The number of hydrogen-bond donors (Lipinski definition) is 0. The van der Waals surface area contributed by atoms with Gasteiger partial charge in [-0.3, -0.25) is 4.40 Å². The zero-order chi connectivity index (χ0) is 22.3. The van der Waals surface area contributed by atoms with E-state index >= 15 is 0 Å². The first-order valence-electron chi connectivity index (χ1n) is 11.2. The summed E-state index contributed by atoms with van der Waals surface area (Å²) >= 11 is 0. The van der Waals surface area contributed by atoms with Gasteiger partial charge in [-0.25, -0.2) is 4.98 Å². The molecule has 0 bridgehead atoms. The third-order valence-electron chi connectivity index (χ3n) is 6.86. The highest BCUT2D eigenvalue weighted by Gasteiger charge is 2.42. The van der Waals surface area contributed by atoms with Gasteiger partial charge in [0.05, 0.1) is 22.3 Å². The van der Waals surface area contributed by atoms with E-state index in [2.05, 4.69) is 83.8 Å². The zero-order valence-corrected chi connectivity index (χ0v) is 18.5. The van der Waals surface area contributed by atoms with E-state index in [9.17, 15) is 0 Å². The van der Waals surface area contributed by atoms with Gasteiger partial charge in [-0.2, -0.15) is 0 Å². The van der Waals surface area contributed by atoms with Crippen LogP contribution in [0.1, 0.15) is 13.8 Å². The molecule has 3 heterocycles. The van der Waals surface area contributed by atoms with Crippen molar-refractivity contribution in [3.8, 4) is 0 Å². The Kier molecular flexibility index (Phi) is 3.61. The van der Waals surface area contributed by atoms with Gasteiger partial charge in [0.15, 0.2) is 0 Å². The molecule has 5 heteroatoms. The molecule has 0 radical (unpaired) electrons. The summed E-state index contributed by atoms with van der Waals surface area (Å²) in [5.41, 5.74) is 4.56. The van der Waals surface area contributed by atoms with Crippen molar-refractivity contribution >= 4 is 61.7 Å². The monoisotopic (exact) mass is 428 g/mol. The Hall–Kier alpha value is -3.83. The number of pyridine rings is 1. The second kappa shape index (κ2) is 6.36. The molecule has 0 amide bonds. The Morgan fingerprint density at radius 3 is 2.48 bits per heavy atom. The molecule has 1 fully saturated rings. The fourth-order valence-electron chi connectivity index (χ4n) is 5.05. The topological polar surface area (TPSA) is 35.8 Å². The average molecular weight is 428 g/mol. The van der Waals surface area contributed by atoms with E-state index in [1.807, 2.05) is 19.9 Å². The van der Waals surface area contributed by atoms with E-state index < -0.39 is 12.7 Å². The number of aromatic nitrogens is 2. The molecule has 33 heavy (non-hydrogen) atoms. The minimum Gasteiger partial charge on any atom is -0.534 e. The van der Waals surface area contributed by atoms with Crippen LogP contribution < -0.4 is 5.46 Å². The summed E-state index contributed by atoms with van der Waals surface area (Å²) in [5, 5.41) is 5.96. The Labute approximate surface area is 191 Å². The van der Waals surface area contributed by atoms with Crippen LogP contribution in [-0.4, -0.2) is 22.1 Å². The SMILES string of the molecule is C=C1OB(c2ccc3c4ccc5ccccc5c4c4nc5ccccc5n4c3c2)OC1(C)C. The van der Waals surface area contributed by atoms with Crippen LogP contribution in [0, 0.1) is 0 Å². The fourth-order valence-corrected chi connectivity index (χ4v) is 5.05. The van der Waals surface area contributed by atoms with Gasteiger partial charge in [0.2, 0.25) is 0 Å². The van der Waals surface area contributed by atoms with Crippen molar-refractivity contribution in [3.05, 3.63) is 91.2 Å². The van der Waals surface area contributed by atoms with Gasteiger partial charge in [-0.15, -0.1) is 0 Å². The van der Waals surface area contributed by atoms with E-state index in [-0.39, 0.29) is 0 Å².